The Hall–Kier alpha value is -3.32. The number of amides is 1. The SMILES string of the molecule is Cc1ccc(NS(=O)(=O)c2ccc(OCC(=O)N(C)c3ccccc3)c(C)c2)cc1C. The predicted octanol–water partition coefficient (Wildman–Crippen LogP) is 4.45. The van der Waals surface area contributed by atoms with Gasteiger partial charge in [-0.25, -0.2) is 8.42 Å². The lowest BCUT2D eigenvalue weighted by molar-refractivity contribution is -0.120. The number of benzene rings is 3. The first kappa shape index (κ1) is 22.4. The summed E-state index contributed by atoms with van der Waals surface area (Å²) in [5.74, 6) is 0.249. The van der Waals surface area contributed by atoms with Gasteiger partial charge >= 0.3 is 0 Å². The molecule has 0 aliphatic rings. The summed E-state index contributed by atoms with van der Waals surface area (Å²) < 4.78 is 33.8. The molecule has 3 aromatic carbocycles. The van der Waals surface area contributed by atoms with Crippen LogP contribution in [0.15, 0.2) is 71.6 Å². The van der Waals surface area contributed by atoms with Gasteiger partial charge in [-0.05, 0) is 79.9 Å². The maximum absolute atomic E-state index is 12.8. The van der Waals surface area contributed by atoms with Gasteiger partial charge in [0, 0.05) is 18.4 Å². The van der Waals surface area contributed by atoms with Crippen LogP contribution in [-0.4, -0.2) is 28.0 Å². The zero-order valence-corrected chi connectivity index (χ0v) is 18.9. The average Bonchev–Trinajstić information content (AvgIpc) is 2.75. The largest absolute Gasteiger partial charge is 0.483 e. The molecule has 0 atom stereocenters. The molecule has 0 aromatic heterocycles. The van der Waals surface area contributed by atoms with Crippen LogP contribution in [0.2, 0.25) is 0 Å². The molecule has 31 heavy (non-hydrogen) atoms. The maximum Gasteiger partial charge on any atom is 0.264 e. The van der Waals surface area contributed by atoms with Crippen molar-refractivity contribution in [2.45, 2.75) is 25.7 Å². The van der Waals surface area contributed by atoms with Crippen molar-refractivity contribution in [3.8, 4) is 5.75 Å². The van der Waals surface area contributed by atoms with Crippen LogP contribution >= 0.6 is 0 Å². The quantitative estimate of drug-likeness (QED) is 0.591. The van der Waals surface area contributed by atoms with Gasteiger partial charge in [-0.1, -0.05) is 24.3 Å². The molecule has 7 heteroatoms. The van der Waals surface area contributed by atoms with Crippen molar-refractivity contribution in [1.82, 2.24) is 0 Å². The monoisotopic (exact) mass is 438 g/mol. The van der Waals surface area contributed by atoms with Gasteiger partial charge in [-0.2, -0.15) is 0 Å². The summed E-state index contributed by atoms with van der Waals surface area (Å²) in [6.07, 6.45) is 0. The van der Waals surface area contributed by atoms with E-state index in [4.69, 9.17) is 4.74 Å². The lowest BCUT2D eigenvalue weighted by atomic mass is 10.1. The van der Waals surface area contributed by atoms with Crippen molar-refractivity contribution >= 4 is 27.3 Å². The molecule has 3 aromatic rings. The van der Waals surface area contributed by atoms with E-state index in [0.717, 1.165) is 16.8 Å². The van der Waals surface area contributed by atoms with Crippen LogP contribution in [0.4, 0.5) is 11.4 Å². The summed E-state index contributed by atoms with van der Waals surface area (Å²) >= 11 is 0. The molecule has 162 valence electrons. The average molecular weight is 439 g/mol. The number of carbonyl (C=O) groups excluding carboxylic acids is 1. The number of likely N-dealkylation sites (N-methyl/N-ethyl adjacent to an activating group) is 1. The van der Waals surface area contributed by atoms with Gasteiger partial charge < -0.3 is 9.64 Å². The number of hydrogen-bond donors (Lipinski definition) is 1. The van der Waals surface area contributed by atoms with Crippen molar-refractivity contribution in [3.63, 3.8) is 0 Å². The molecule has 0 heterocycles. The minimum absolute atomic E-state index is 0.128. The lowest BCUT2D eigenvalue weighted by Gasteiger charge is -2.18. The molecule has 0 aliphatic carbocycles. The van der Waals surface area contributed by atoms with Gasteiger partial charge in [-0.15, -0.1) is 0 Å². The summed E-state index contributed by atoms with van der Waals surface area (Å²) in [5, 5.41) is 0. The van der Waals surface area contributed by atoms with Gasteiger partial charge in [0.2, 0.25) is 0 Å². The molecule has 0 unspecified atom stereocenters. The van der Waals surface area contributed by atoms with Crippen LogP contribution in [-0.2, 0) is 14.8 Å². The Bertz CT molecular complexity index is 1190. The summed E-state index contributed by atoms with van der Waals surface area (Å²) in [6.45, 7) is 5.49. The number of anilines is 2. The van der Waals surface area contributed by atoms with E-state index in [2.05, 4.69) is 4.72 Å². The molecule has 0 fully saturated rings. The summed E-state index contributed by atoms with van der Waals surface area (Å²) in [6, 6.07) is 19.2. The van der Waals surface area contributed by atoms with Crippen molar-refractivity contribution in [3.05, 3.63) is 83.4 Å². The van der Waals surface area contributed by atoms with E-state index in [1.807, 2.05) is 50.2 Å². The standard InChI is InChI=1S/C24H26N2O4S/c1-17-10-11-20(14-18(17)2)25-31(28,29)22-12-13-23(19(3)15-22)30-16-24(27)26(4)21-8-6-5-7-9-21/h5-15,25H,16H2,1-4H3. The molecule has 0 saturated heterocycles. The third-order valence-corrected chi connectivity index (χ3v) is 6.46. The zero-order valence-electron chi connectivity index (χ0n) is 18.0. The molecule has 6 nitrogen and oxygen atoms in total. The number of hydrogen-bond acceptors (Lipinski definition) is 4. The van der Waals surface area contributed by atoms with E-state index in [1.165, 1.54) is 17.0 Å². The van der Waals surface area contributed by atoms with Crippen molar-refractivity contribution in [1.29, 1.82) is 0 Å². The van der Waals surface area contributed by atoms with E-state index < -0.39 is 10.0 Å². The Balaban J connectivity index is 1.69. The Morgan fingerprint density at radius 1 is 0.903 bits per heavy atom. The Kier molecular flexibility index (Phi) is 6.65. The third-order valence-electron chi connectivity index (χ3n) is 5.08. The maximum atomic E-state index is 12.8. The Morgan fingerprint density at radius 2 is 1.61 bits per heavy atom. The minimum Gasteiger partial charge on any atom is -0.483 e. The first-order chi connectivity index (χ1) is 14.7. The van der Waals surface area contributed by atoms with E-state index in [-0.39, 0.29) is 17.4 Å². The highest BCUT2D eigenvalue weighted by Crippen LogP contribution is 2.24. The Labute approximate surface area is 183 Å². The van der Waals surface area contributed by atoms with Crippen LogP contribution in [0.3, 0.4) is 0 Å². The number of nitrogens with one attached hydrogen (secondary N) is 1. The molecule has 3 rings (SSSR count). The summed E-state index contributed by atoms with van der Waals surface area (Å²) in [4.78, 5) is 14.0. The predicted molar refractivity (Wildman–Crippen MR) is 123 cm³/mol. The number of nitrogens with zero attached hydrogens (tertiary/aromatic N) is 1. The van der Waals surface area contributed by atoms with Crippen LogP contribution in [0.25, 0.3) is 0 Å². The molecule has 1 N–H and O–H groups in total. The molecule has 0 saturated carbocycles. The van der Waals surface area contributed by atoms with Crippen molar-refractivity contribution in [2.75, 3.05) is 23.3 Å². The second-order valence-electron chi connectivity index (χ2n) is 7.41. The van der Waals surface area contributed by atoms with Crippen molar-refractivity contribution in [2.24, 2.45) is 0 Å². The van der Waals surface area contributed by atoms with Crippen LogP contribution < -0.4 is 14.4 Å². The number of para-hydroxylation sites is 1. The van der Waals surface area contributed by atoms with Crippen LogP contribution in [0, 0.1) is 20.8 Å². The van der Waals surface area contributed by atoms with Crippen molar-refractivity contribution < 1.29 is 17.9 Å². The van der Waals surface area contributed by atoms with Gasteiger partial charge in [-0.3, -0.25) is 9.52 Å². The topological polar surface area (TPSA) is 75.7 Å². The first-order valence-corrected chi connectivity index (χ1v) is 11.3. The van der Waals surface area contributed by atoms with E-state index in [0.29, 0.717) is 17.0 Å². The summed E-state index contributed by atoms with van der Waals surface area (Å²) in [5.41, 5.74) is 4.00. The third kappa shape index (κ3) is 5.44. The highest BCUT2D eigenvalue weighted by atomic mass is 32.2. The Morgan fingerprint density at radius 3 is 2.26 bits per heavy atom. The fraction of sp³-hybridized carbons (Fsp3) is 0.208. The van der Waals surface area contributed by atoms with Gasteiger partial charge in [0.25, 0.3) is 15.9 Å². The highest BCUT2D eigenvalue weighted by Gasteiger charge is 2.17. The zero-order chi connectivity index (χ0) is 22.6. The van der Waals surface area contributed by atoms with Gasteiger partial charge in [0.1, 0.15) is 5.75 Å². The fourth-order valence-corrected chi connectivity index (χ4v) is 4.14. The smallest absolute Gasteiger partial charge is 0.264 e. The second-order valence-corrected chi connectivity index (χ2v) is 9.09. The molecule has 0 spiro atoms. The molecule has 0 bridgehead atoms. The van der Waals surface area contributed by atoms with E-state index in [1.54, 1.807) is 32.2 Å². The molecular formula is C24H26N2O4S. The lowest BCUT2D eigenvalue weighted by Crippen LogP contribution is -2.31. The molecule has 0 radical (unpaired) electrons. The van der Waals surface area contributed by atoms with Crippen LogP contribution in [0.5, 0.6) is 5.75 Å². The molecular weight excluding hydrogens is 412 g/mol. The first-order valence-electron chi connectivity index (χ1n) is 9.82. The molecule has 0 aliphatic heterocycles. The number of carbonyl (C=O) groups is 1. The normalized spacial score (nSPS) is 11.1. The fourth-order valence-electron chi connectivity index (χ4n) is 3.00. The number of sulfonamides is 1. The molecule has 1 amide bonds. The van der Waals surface area contributed by atoms with E-state index in [9.17, 15) is 13.2 Å². The number of rotatable bonds is 7. The van der Waals surface area contributed by atoms with Gasteiger partial charge in [0.15, 0.2) is 6.61 Å². The number of aryl methyl sites for hydroxylation is 3. The number of ether oxygens (including phenoxy) is 1. The minimum atomic E-state index is -3.74. The second kappa shape index (κ2) is 9.22. The van der Waals surface area contributed by atoms with Gasteiger partial charge in [0.05, 0.1) is 4.90 Å². The van der Waals surface area contributed by atoms with E-state index >= 15 is 0 Å². The van der Waals surface area contributed by atoms with Crippen LogP contribution in [0.1, 0.15) is 16.7 Å². The highest BCUT2D eigenvalue weighted by molar-refractivity contribution is 7.92. The summed E-state index contributed by atoms with van der Waals surface area (Å²) in [7, 11) is -2.06.